The van der Waals surface area contributed by atoms with Gasteiger partial charge in [0.05, 0.1) is 0 Å². The van der Waals surface area contributed by atoms with Gasteiger partial charge in [0.2, 0.25) is 0 Å². The van der Waals surface area contributed by atoms with E-state index in [-0.39, 0.29) is 31.1 Å². The van der Waals surface area contributed by atoms with Crippen LogP contribution in [0.15, 0.2) is 60.8 Å². The van der Waals surface area contributed by atoms with Gasteiger partial charge in [-0.3, -0.25) is 14.4 Å². The molecule has 0 fully saturated rings. The number of carbonyl (C=O) groups is 3. The lowest BCUT2D eigenvalue weighted by molar-refractivity contribution is -0.167. The van der Waals surface area contributed by atoms with E-state index in [4.69, 9.17) is 14.2 Å². The first-order valence-electron chi connectivity index (χ1n) is 29.8. The third-order valence-electron chi connectivity index (χ3n) is 13.0. The summed E-state index contributed by atoms with van der Waals surface area (Å²) in [4.78, 5) is 38.2. The molecular formula is C63H112O6. The maximum Gasteiger partial charge on any atom is 0.306 e. The highest BCUT2D eigenvalue weighted by Crippen LogP contribution is 2.16. The van der Waals surface area contributed by atoms with Gasteiger partial charge in [-0.05, 0) is 109 Å². The highest BCUT2D eigenvalue weighted by molar-refractivity contribution is 5.71. The Morgan fingerprint density at radius 1 is 0.290 bits per heavy atom. The van der Waals surface area contributed by atoms with Crippen molar-refractivity contribution in [3.8, 4) is 0 Å². The van der Waals surface area contributed by atoms with E-state index in [1.807, 2.05) is 0 Å². The monoisotopic (exact) mass is 965 g/mol. The van der Waals surface area contributed by atoms with Crippen LogP contribution in [0.1, 0.15) is 303 Å². The lowest BCUT2D eigenvalue weighted by atomic mass is 10.1. The summed E-state index contributed by atoms with van der Waals surface area (Å²) in [6.07, 6.45) is 72.1. The molecule has 0 aliphatic carbocycles. The normalized spacial score (nSPS) is 12.4. The highest BCUT2D eigenvalue weighted by Gasteiger charge is 2.19. The first-order valence-corrected chi connectivity index (χ1v) is 29.8. The van der Waals surface area contributed by atoms with Crippen molar-refractivity contribution in [2.75, 3.05) is 13.2 Å². The summed E-state index contributed by atoms with van der Waals surface area (Å²) in [7, 11) is 0. The molecule has 0 amide bonds. The predicted molar refractivity (Wildman–Crippen MR) is 298 cm³/mol. The van der Waals surface area contributed by atoms with Crippen LogP contribution in [0.3, 0.4) is 0 Å². The Bertz CT molecular complexity index is 1250. The lowest BCUT2D eigenvalue weighted by Gasteiger charge is -2.18. The van der Waals surface area contributed by atoms with Crippen molar-refractivity contribution in [3.05, 3.63) is 60.8 Å². The van der Waals surface area contributed by atoms with Crippen LogP contribution < -0.4 is 0 Å². The van der Waals surface area contributed by atoms with E-state index >= 15 is 0 Å². The van der Waals surface area contributed by atoms with Gasteiger partial charge in [-0.1, -0.05) is 236 Å². The molecule has 0 saturated carbocycles. The number of hydrogen-bond acceptors (Lipinski definition) is 6. The lowest BCUT2D eigenvalue weighted by Crippen LogP contribution is -2.30. The third-order valence-corrected chi connectivity index (χ3v) is 13.0. The molecular weight excluding hydrogens is 853 g/mol. The van der Waals surface area contributed by atoms with Crippen LogP contribution in [0, 0.1) is 0 Å². The van der Waals surface area contributed by atoms with E-state index in [9.17, 15) is 14.4 Å². The predicted octanol–water partition coefficient (Wildman–Crippen LogP) is 20.0. The standard InChI is InChI=1S/C63H112O6/c1-4-7-10-13-16-19-22-25-27-29-31-33-35-38-41-44-47-50-53-56-62(65)68-59-60(58-67-61(64)55-52-49-46-43-40-37-24-21-18-15-12-9-6-3)69-63(66)57-54-51-48-45-42-39-36-34-32-30-28-26-23-20-17-14-11-8-5-2/h16-17,19-21,24-28,60H,4-15,18,22-23,29-59H2,1-3H3/b19-16+,20-17+,24-21+,27-25+,28-26+/t60-/m1/s1. The van der Waals surface area contributed by atoms with E-state index in [0.717, 1.165) is 77.0 Å². The van der Waals surface area contributed by atoms with Crippen LogP contribution in [-0.2, 0) is 28.6 Å². The van der Waals surface area contributed by atoms with Crippen LogP contribution in [0.2, 0.25) is 0 Å². The zero-order chi connectivity index (χ0) is 50.0. The maximum atomic E-state index is 12.9. The van der Waals surface area contributed by atoms with Crippen molar-refractivity contribution in [1.29, 1.82) is 0 Å². The number of hydrogen-bond donors (Lipinski definition) is 0. The molecule has 1 atom stereocenters. The number of unbranched alkanes of at least 4 members (excludes halogenated alkanes) is 33. The average molecular weight is 966 g/mol. The zero-order valence-electron chi connectivity index (χ0n) is 45.8. The molecule has 0 unspecified atom stereocenters. The van der Waals surface area contributed by atoms with Gasteiger partial charge in [-0.25, -0.2) is 0 Å². The number of allylic oxidation sites excluding steroid dienone is 10. The topological polar surface area (TPSA) is 78.9 Å². The summed E-state index contributed by atoms with van der Waals surface area (Å²) in [5, 5.41) is 0. The van der Waals surface area contributed by atoms with Crippen LogP contribution >= 0.6 is 0 Å². The second-order valence-corrected chi connectivity index (χ2v) is 19.9. The van der Waals surface area contributed by atoms with Crippen LogP contribution in [0.4, 0.5) is 0 Å². The van der Waals surface area contributed by atoms with E-state index in [1.54, 1.807) is 0 Å². The largest absolute Gasteiger partial charge is 0.462 e. The van der Waals surface area contributed by atoms with Gasteiger partial charge in [0, 0.05) is 19.3 Å². The molecule has 0 N–H and O–H groups in total. The SMILES string of the molecule is CCCCC/C=C/C/C=C/CCCCCCCCCCCC(=O)OC[C@@H](COC(=O)CCCCCCC/C=C/CCCCCC)OC(=O)CCCCCCCCCCC/C=C/C/C=C/CCCCC. The van der Waals surface area contributed by atoms with E-state index in [0.29, 0.717) is 19.3 Å². The minimum Gasteiger partial charge on any atom is -0.462 e. The fourth-order valence-corrected chi connectivity index (χ4v) is 8.44. The number of carbonyl (C=O) groups excluding carboxylic acids is 3. The molecule has 0 aromatic carbocycles. The van der Waals surface area contributed by atoms with Crippen molar-refractivity contribution in [2.24, 2.45) is 0 Å². The van der Waals surface area contributed by atoms with Crippen molar-refractivity contribution >= 4 is 17.9 Å². The molecule has 0 aliphatic heterocycles. The number of esters is 3. The Balaban J connectivity index is 4.36. The third kappa shape index (κ3) is 55.9. The second kappa shape index (κ2) is 57.7. The van der Waals surface area contributed by atoms with E-state index < -0.39 is 6.10 Å². The molecule has 69 heavy (non-hydrogen) atoms. The fraction of sp³-hybridized carbons (Fsp3) is 0.794. The molecule has 0 heterocycles. The molecule has 0 aromatic heterocycles. The first-order chi connectivity index (χ1) is 34.0. The average Bonchev–Trinajstić information content (AvgIpc) is 3.35. The van der Waals surface area contributed by atoms with Crippen molar-refractivity contribution in [1.82, 2.24) is 0 Å². The van der Waals surface area contributed by atoms with E-state index in [1.165, 1.54) is 186 Å². The van der Waals surface area contributed by atoms with Gasteiger partial charge in [0.25, 0.3) is 0 Å². The van der Waals surface area contributed by atoms with Gasteiger partial charge in [-0.2, -0.15) is 0 Å². The summed E-state index contributed by atoms with van der Waals surface area (Å²) in [5.74, 6) is -0.884. The van der Waals surface area contributed by atoms with Crippen molar-refractivity contribution in [3.63, 3.8) is 0 Å². The maximum absolute atomic E-state index is 12.9. The zero-order valence-corrected chi connectivity index (χ0v) is 45.8. The number of rotatable bonds is 54. The summed E-state index contributed by atoms with van der Waals surface area (Å²) in [6.45, 7) is 6.59. The smallest absolute Gasteiger partial charge is 0.306 e. The van der Waals surface area contributed by atoms with Crippen LogP contribution in [0.25, 0.3) is 0 Å². The minimum atomic E-state index is -0.781. The highest BCUT2D eigenvalue weighted by atomic mass is 16.6. The quantitative estimate of drug-likeness (QED) is 0.0262. The molecule has 0 spiro atoms. The summed E-state index contributed by atoms with van der Waals surface area (Å²) in [6, 6.07) is 0. The Hall–Kier alpha value is -2.89. The minimum absolute atomic E-state index is 0.0795. The molecule has 0 saturated heterocycles. The van der Waals surface area contributed by atoms with Crippen LogP contribution in [0.5, 0.6) is 0 Å². The Labute approximate surface area is 428 Å². The van der Waals surface area contributed by atoms with Crippen LogP contribution in [-0.4, -0.2) is 37.2 Å². The molecule has 0 radical (unpaired) electrons. The van der Waals surface area contributed by atoms with Gasteiger partial charge in [0.15, 0.2) is 6.10 Å². The Morgan fingerprint density at radius 2 is 0.522 bits per heavy atom. The van der Waals surface area contributed by atoms with Crippen molar-refractivity contribution < 1.29 is 28.6 Å². The molecule has 6 nitrogen and oxygen atoms in total. The molecule has 0 aromatic rings. The Morgan fingerprint density at radius 3 is 0.841 bits per heavy atom. The summed E-state index contributed by atoms with van der Waals surface area (Å²) < 4.78 is 16.9. The molecule has 0 aliphatic rings. The van der Waals surface area contributed by atoms with Gasteiger partial charge in [0.1, 0.15) is 13.2 Å². The fourth-order valence-electron chi connectivity index (χ4n) is 8.44. The molecule has 0 rings (SSSR count). The summed E-state index contributed by atoms with van der Waals surface area (Å²) >= 11 is 0. The van der Waals surface area contributed by atoms with Gasteiger partial charge >= 0.3 is 17.9 Å². The second-order valence-electron chi connectivity index (χ2n) is 19.9. The first kappa shape index (κ1) is 66.1. The van der Waals surface area contributed by atoms with Crippen molar-refractivity contribution in [2.45, 2.75) is 309 Å². The Kier molecular flexibility index (Phi) is 55.3. The summed E-state index contributed by atoms with van der Waals surface area (Å²) in [5.41, 5.74) is 0. The van der Waals surface area contributed by atoms with Gasteiger partial charge in [-0.15, -0.1) is 0 Å². The molecule has 6 heteroatoms. The molecule has 0 bridgehead atoms. The number of ether oxygens (including phenoxy) is 3. The molecule has 400 valence electrons. The van der Waals surface area contributed by atoms with E-state index in [2.05, 4.69) is 81.5 Å². The van der Waals surface area contributed by atoms with Gasteiger partial charge < -0.3 is 14.2 Å².